The smallest absolute Gasteiger partial charge is 0.254 e. The molecule has 0 spiro atoms. The predicted octanol–water partition coefficient (Wildman–Crippen LogP) is 3.52. The lowest BCUT2D eigenvalue weighted by molar-refractivity contribution is 0.00723. The van der Waals surface area contributed by atoms with E-state index in [1.807, 2.05) is 42.2 Å². The highest BCUT2D eigenvalue weighted by Gasteiger charge is 2.25. The van der Waals surface area contributed by atoms with Crippen LogP contribution >= 0.6 is 0 Å². The van der Waals surface area contributed by atoms with Crippen molar-refractivity contribution in [2.45, 2.75) is 25.9 Å². The number of rotatable bonds is 5. The van der Waals surface area contributed by atoms with Gasteiger partial charge in [0.05, 0.1) is 6.10 Å². The molecule has 1 saturated heterocycles. The van der Waals surface area contributed by atoms with Gasteiger partial charge >= 0.3 is 0 Å². The van der Waals surface area contributed by atoms with Crippen LogP contribution in [0.1, 0.15) is 30.1 Å². The monoisotopic (exact) mass is 326 g/mol. The van der Waals surface area contributed by atoms with Crippen molar-refractivity contribution in [3.05, 3.63) is 54.2 Å². The summed E-state index contributed by atoms with van der Waals surface area (Å²) in [5, 5.41) is 0. The van der Waals surface area contributed by atoms with Gasteiger partial charge in [0, 0.05) is 37.5 Å². The first-order chi connectivity index (χ1) is 11.8. The van der Waals surface area contributed by atoms with Gasteiger partial charge in [-0.3, -0.25) is 4.79 Å². The maximum Gasteiger partial charge on any atom is 0.254 e. The second-order valence-electron chi connectivity index (χ2n) is 5.77. The number of carbonyl (C=O) groups is 1. The second kappa shape index (κ2) is 7.93. The first kappa shape index (κ1) is 16.5. The van der Waals surface area contributed by atoms with E-state index < -0.39 is 0 Å². The van der Waals surface area contributed by atoms with Crippen molar-refractivity contribution in [1.29, 1.82) is 0 Å². The van der Waals surface area contributed by atoms with E-state index in [1.165, 1.54) is 0 Å². The molecule has 0 radical (unpaired) electrons. The van der Waals surface area contributed by atoms with Crippen LogP contribution < -0.4 is 4.74 Å². The fourth-order valence-electron chi connectivity index (χ4n) is 2.88. The molecule has 1 aliphatic rings. The van der Waals surface area contributed by atoms with Gasteiger partial charge in [-0.15, -0.1) is 0 Å². The van der Waals surface area contributed by atoms with Gasteiger partial charge in [0.25, 0.3) is 5.91 Å². The van der Waals surface area contributed by atoms with Gasteiger partial charge in [0.15, 0.2) is 0 Å². The number of ether oxygens (including phenoxy) is 2. The molecule has 0 saturated carbocycles. The molecule has 3 rings (SSSR count). The number of carbonyl (C=O) groups excluding carboxylic acids is 1. The molecule has 1 aromatic heterocycles. The zero-order valence-corrected chi connectivity index (χ0v) is 13.9. The summed E-state index contributed by atoms with van der Waals surface area (Å²) >= 11 is 0. The largest absolute Gasteiger partial charge is 0.439 e. The highest BCUT2D eigenvalue weighted by molar-refractivity contribution is 5.94. The average molecular weight is 326 g/mol. The van der Waals surface area contributed by atoms with Crippen molar-refractivity contribution >= 4 is 5.91 Å². The number of para-hydroxylation sites is 1. The number of piperidine rings is 1. The Kier molecular flexibility index (Phi) is 5.43. The molecule has 1 aliphatic heterocycles. The fraction of sp³-hybridized carbons (Fsp3) is 0.368. The van der Waals surface area contributed by atoms with Gasteiger partial charge in [-0.2, -0.15) is 0 Å². The van der Waals surface area contributed by atoms with E-state index in [-0.39, 0.29) is 12.0 Å². The third-order valence-corrected chi connectivity index (χ3v) is 4.02. The van der Waals surface area contributed by atoms with Crippen molar-refractivity contribution < 1.29 is 14.3 Å². The third kappa shape index (κ3) is 4.11. The SMILES string of the molecule is CCOC1CCCN(C(=O)c2ccnc(Oc3ccccc3)c2)C1. The molecule has 2 heterocycles. The van der Waals surface area contributed by atoms with Gasteiger partial charge in [-0.1, -0.05) is 18.2 Å². The molecule has 24 heavy (non-hydrogen) atoms. The Bertz CT molecular complexity index is 673. The molecule has 0 aliphatic carbocycles. The molecule has 1 unspecified atom stereocenters. The van der Waals surface area contributed by atoms with Crippen LogP contribution in [0.4, 0.5) is 0 Å². The zero-order chi connectivity index (χ0) is 16.8. The van der Waals surface area contributed by atoms with Crippen LogP contribution in [0.15, 0.2) is 48.7 Å². The number of hydrogen-bond acceptors (Lipinski definition) is 4. The maximum absolute atomic E-state index is 12.7. The lowest BCUT2D eigenvalue weighted by atomic mass is 10.1. The van der Waals surface area contributed by atoms with Crippen molar-refractivity contribution in [2.75, 3.05) is 19.7 Å². The summed E-state index contributed by atoms with van der Waals surface area (Å²) in [4.78, 5) is 18.8. The minimum atomic E-state index is -0.000264. The van der Waals surface area contributed by atoms with E-state index in [9.17, 15) is 4.79 Å². The Balaban J connectivity index is 1.70. The van der Waals surface area contributed by atoms with E-state index in [1.54, 1.807) is 18.3 Å². The van der Waals surface area contributed by atoms with Crippen molar-refractivity contribution in [3.63, 3.8) is 0 Å². The molecule has 0 N–H and O–H groups in total. The van der Waals surface area contributed by atoms with Crippen LogP contribution in [0.3, 0.4) is 0 Å². The molecule has 1 atom stereocenters. The van der Waals surface area contributed by atoms with Crippen LogP contribution in [0.5, 0.6) is 11.6 Å². The van der Waals surface area contributed by atoms with Gasteiger partial charge in [0.2, 0.25) is 5.88 Å². The second-order valence-corrected chi connectivity index (χ2v) is 5.77. The Labute approximate surface area is 142 Å². The predicted molar refractivity (Wildman–Crippen MR) is 91.3 cm³/mol. The Morgan fingerprint density at radius 2 is 2.12 bits per heavy atom. The normalized spacial score (nSPS) is 17.5. The quantitative estimate of drug-likeness (QED) is 0.843. The number of benzene rings is 1. The van der Waals surface area contributed by atoms with Gasteiger partial charge in [-0.05, 0) is 38.0 Å². The van der Waals surface area contributed by atoms with Crippen LogP contribution in [0.2, 0.25) is 0 Å². The van der Waals surface area contributed by atoms with E-state index in [0.29, 0.717) is 30.3 Å². The number of likely N-dealkylation sites (tertiary alicyclic amines) is 1. The molecule has 0 bridgehead atoms. The number of pyridine rings is 1. The summed E-state index contributed by atoms with van der Waals surface area (Å²) in [5.41, 5.74) is 0.591. The van der Waals surface area contributed by atoms with Crippen LogP contribution in [-0.2, 0) is 4.74 Å². The number of hydrogen-bond donors (Lipinski definition) is 0. The lowest BCUT2D eigenvalue weighted by Crippen LogP contribution is -2.43. The molecule has 1 amide bonds. The van der Waals surface area contributed by atoms with Crippen molar-refractivity contribution in [3.8, 4) is 11.6 Å². The number of nitrogens with zero attached hydrogens (tertiary/aromatic N) is 2. The molecule has 126 valence electrons. The molecule has 5 nitrogen and oxygen atoms in total. The summed E-state index contributed by atoms with van der Waals surface area (Å²) in [6.07, 6.45) is 3.72. The Morgan fingerprint density at radius 3 is 2.92 bits per heavy atom. The van der Waals surface area contributed by atoms with Crippen LogP contribution in [0, 0.1) is 0 Å². The van der Waals surface area contributed by atoms with Gasteiger partial charge < -0.3 is 14.4 Å². The molecule has 1 fully saturated rings. The van der Waals surface area contributed by atoms with Crippen molar-refractivity contribution in [2.24, 2.45) is 0 Å². The minimum Gasteiger partial charge on any atom is -0.439 e. The third-order valence-electron chi connectivity index (χ3n) is 4.02. The first-order valence-electron chi connectivity index (χ1n) is 8.36. The zero-order valence-electron chi connectivity index (χ0n) is 13.9. The first-order valence-corrected chi connectivity index (χ1v) is 8.36. The molecular formula is C19H22N2O3. The Hall–Kier alpha value is -2.40. The highest BCUT2D eigenvalue weighted by atomic mass is 16.5. The summed E-state index contributed by atoms with van der Waals surface area (Å²) < 4.78 is 11.4. The molecule has 1 aromatic carbocycles. The Morgan fingerprint density at radius 1 is 1.29 bits per heavy atom. The van der Waals surface area contributed by atoms with E-state index in [2.05, 4.69) is 4.98 Å². The summed E-state index contributed by atoms with van der Waals surface area (Å²) in [5.74, 6) is 1.12. The fourth-order valence-corrected chi connectivity index (χ4v) is 2.88. The standard InChI is InChI=1S/C19H22N2O3/c1-2-23-17-9-6-12-21(14-17)19(22)15-10-11-20-18(13-15)24-16-7-4-3-5-8-16/h3-5,7-8,10-11,13,17H,2,6,9,12,14H2,1H3. The molecule has 2 aromatic rings. The molecule has 5 heteroatoms. The summed E-state index contributed by atoms with van der Waals surface area (Å²) in [7, 11) is 0. The van der Waals surface area contributed by atoms with E-state index >= 15 is 0 Å². The summed E-state index contributed by atoms with van der Waals surface area (Å²) in [6, 6.07) is 12.8. The van der Waals surface area contributed by atoms with Crippen molar-refractivity contribution in [1.82, 2.24) is 9.88 Å². The summed E-state index contributed by atoms with van der Waals surface area (Å²) in [6.45, 7) is 4.07. The van der Waals surface area contributed by atoms with Crippen LogP contribution in [-0.4, -0.2) is 41.6 Å². The average Bonchev–Trinajstić information content (AvgIpc) is 2.63. The highest BCUT2D eigenvalue weighted by Crippen LogP contribution is 2.21. The number of amides is 1. The van der Waals surface area contributed by atoms with Gasteiger partial charge in [-0.25, -0.2) is 4.98 Å². The van der Waals surface area contributed by atoms with Crippen LogP contribution in [0.25, 0.3) is 0 Å². The lowest BCUT2D eigenvalue weighted by Gasteiger charge is -2.32. The maximum atomic E-state index is 12.7. The topological polar surface area (TPSA) is 51.7 Å². The van der Waals surface area contributed by atoms with E-state index in [4.69, 9.17) is 9.47 Å². The number of aromatic nitrogens is 1. The molecular weight excluding hydrogens is 304 g/mol. The van der Waals surface area contributed by atoms with E-state index in [0.717, 1.165) is 19.4 Å². The van der Waals surface area contributed by atoms with Gasteiger partial charge in [0.1, 0.15) is 5.75 Å². The minimum absolute atomic E-state index is 0.000264.